The third-order valence-electron chi connectivity index (χ3n) is 5.24. The van der Waals surface area contributed by atoms with Gasteiger partial charge in [-0.25, -0.2) is 0 Å². The fourth-order valence-electron chi connectivity index (χ4n) is 3.80. The Labute approximate surface area is 162 Å². The van der Waals surface area contributed by atoms with Gasteiger partial charge in [-0.15, -0.1) is 13.2 Å². The second-order valence-corrected chi connectivity index (χ2v) is 7.49. The van der Waals surface area contributed by atoms with E-state index < -0.39 is 6.36 Å². The Morgan fingerprint density at radius 3 is 2.39 bits per heavy atom. The van der Waals surface area contributed by atoms with Gasteiger partial charge in [0.05, 0.1) is 0 Å². The lowest BCUT2D eigenvalue weighted by atomic mass is 10.1. The van der Waals surface area contributed by atoms with Crippen molar-refractivity contribution in [1.82, 2.24) is 0 Å². The minimum Gasteiger partial charge on any atom is -0.406 e. The summed E-state index contributed by atoms with van der Waals surface area (Å²) >= 11 is 0. The van der Waals surface area contributed by atoms with Crippen LogP contribution in [0.3, 0.4) is 0 Å². The van der Waals surface area contributed by atoms with Gasteiger partial charge in [0.15, 0.2) is 6.54 Å². The number of rotatable bonds is 6. The van der Waals surface area contributed by atoms with E-state index in [0.29, 0.717) is 18.3 Å². The van der Waals surface area contributed by atoms with Crippen LogP contribution in [0.5, 0.6) is 5.75 Å². The summed E-state index contributed by atoms with van der Waals surface area (Å²) in [5.41, 5.74) is 0.456. The maximum Gasteiger partial charge on any atom is 0.573 e. The van der Waals surface area contributed by atoms with Gasteiger partial charge < -0.3 is 24.6 Å². The Bertz CT molecular complexity index is 626. The fraction of sp³-hybridized carbons (Fsp3) is 0.632. The second-order valence-electron chi connectivity index (χ2n) is 7.49. The topological polar surface area (TPSA) is 56.4 Å². The zero-order valence-corrected chi connectivity index (χ0v) is 15.8. The maximum atomic E-state index is 12.2. The van der Waals surface area contributed by atoms with Gasteiger partial charge in [0.2, 0.25) is 0 Å². The first kappa shape index (κ1) is 20.9. The molecule has 1 aromatic carbocycles. The molecule has 2 aliphatic rings. The smallest absolute Gasteiger partial charge is 0.406 e. The van der Waals surface area contributed by atoms with Crippen LogP contribution in [0.1, 0.15) is 19.3 Å². The van der Waals surface area contributed by atoms with E-state index in [0.717, 1.165) is 52.2 Å². The van der Waals surface area contributed by atoms with Crippen LogP contribution < -0.4 is 19.9 Å². The van der Waals surface area contributed by atoms with E-state index in [1.807, 2.05) is 0 Å². The van der Waals surface area contributed by atoms with Crippen molar-refractivity contribution in [3.63, 3.8) is 0 Å². The molecule has 0 bridgehead atoms. The largest absolute Gasteiger partial charge is 0.573 e. The molecule has 0 saturated carbocycles. The minimum absolute atomic E-state index is 0.140. The quantitative estimate of drug-likeness (QED) is 0.621. The summed E-state index contributed by atoms with van der Waals surface area (Å²) in [6.45, 7) is 6.16. The number of piperazine rings is 1. The number of hydrogen-bond acceptors (Lipinski definition) is 3. The highest BCUT2D eigenvalue weighted by Gasteiger charge is 2.31. The average Bonchev–Trinajstić information content (AvgIpc) is 2.65. The van der Waals surface area contributed by atoms with Crippen LogP contribution in [-0.2, 0) is 9.53 Å². The highest BCUT2D eigenvalue weighted by atomic mass is 19.4. The summed E-state index contributed by atoms with van der Waals surface area (Å²) in [6, 6.07) is 5.18. The zero-order valence-electron chi connectivity index (χ0n) is 15.8. The fourth-order valence-corrected chi connectivity index (χ4v) is 3.80. The first-order valence-corrected chi connectivity index (χ1v) is 9.82. The molecule has 0 radical (unpaired) electrons. The summed E-state index contributed by atoms with van der Waals surface area (Å²) in [5, 5.41) is 2.73. The van der Waals surface area contributed by atoms with Crippen molar-refractivity contribution in [2.45, 2.75) is 31.7 Å². The van der Waals surface area contributed by atoms with E-state index >= 15 is 0 Å². The van der Waals surface area contributed by atoms with Gasteiger partial charge in [0, 0.05) is 12.3 Å². The molecule has 156 valence electrons. The number of quaternary nitrogens is 2. The van der Waals surface area contributed by atoms with E-state index in [4.69, 9.17) is 4.74 Å². The van der Waals surface area contributed by atoms with Gasteiger partial charge in [0.25, 0.3) is 5.91 Å². The summed E-state index contributed by atoms with van der Waals surface area (Å²) in [5.74, 6) is -0.448. The predicted molar refractivity (Wildman–Crippen MR) is 96.5 cm³/mol. The Morgan fingerprint density at radius 1 is 1.11 bits per heavy atom. The van der Waals surface area contributed by atoms with E-state index in [1.165, 1.54) is 40.5 Å². The molecule has 2 saturated heterocycles. The number of carbonyl (C=O) groups excluding carboxylic acids is 1. The molecule has 2 fully saturated rings. The van der Waals surface area contributed by atoms with Gasteiger partial charge >= 0.3 is 6.36 Å². The molecule has 2 aliphatic heterocycles. The summed E-state index contributed by atoms with van der Waals surface area (Å²) in [7, 11) is 0. The van der Waals surface area contributed by atoms with Gasteiger partial charge in [0.1, 0.15) is 44.6 Å². The normalized spacial score (nSPS) is 25.9. The molecule has 0 unspecified atom stereocenters. The van der Waals surface area contributed by atoms with E-state index in [9.17, 15) is 18.0 Å². The maximum absolute atomic E-state index is 12.2. The number of benzene rings is 1. The molecule has 2 heterocycles. The van der Waals surface area contributed by atoms with E-state index in [-0.39, 0.29) is 11.7 Å². The van der Waals surface area contributed by atoms with Crippen LogP contribution in [0.2, 0.25) is 0 Å². The molecule has 0 spiro atoms. The standard InChI is InChI=1S/C19H26F3N3O3/c20-19(21,22)28-16-6-4-15(5-7-16)23-18(26)14-25-10-8-24(9-11-25)13-17-3-1-2-12-27-17/h4-7,17H,1-3,8-14H2,(H,23,26)/p+2/t17-/m1/s1. The number of ether oxygens (including phenoxy) is 2. The zero-order chi connectivity index (χ0) is 20.0. The average molecular weight is 403 g/mol. The lowest BCUT2D eigenvalue weighted by Gasteiger charge is -2.32. The van der Waals surface area contributed by atoms with Crippen molar-refractivity contribution in [3.8, 4) is 5.75 Å². The van der Waals surface area contributed by atoms with E-state index in [1.54, 1.807) is 0 Å². The minimum atomic E-state index is -4.72. The summed E-state index contributed by atoms with van der Waals surface area (Å²) < 4.78 is 46.1. The Morgan fingerprint density at radius 2 is 1.79 bits per heavy atom. The Hall–Kier alpha value is -1.84. The van der Waals surface area contributed by atoms with Gasteiger partial charge in [-0.05, 0) is 43.5 Å². The number of halogens is 3. The molecule has 3 N–H and O–H groups in total. The number of hydrogen-bond donors (Lipinski definition) is 3. The Balaban J connectivity index is 1.37. The first-order valence-electron chi connectivity index (χ1n) is 9.82. The lowest BCUT2D eigenvalue weighted by molar-refractivity contribution is -1.01. The predicted octanol–water partition coefficient (Wildman–Crippen LogP) is -0.124. The highest BCUT2D eigenvalue weighted by molar-refractivity contribution is 5.91. The lowest BCUT2D eigenvalue weighted by Crippen LogP contribution is -3.28. The molecule has 0 aromatic heterocycles. The van der Waals surface area contributed by atoms with Gasteiger partial charge in [-0.3, -0.25) is 4.79 Å². The molecule has 28 heavy (non-hydrogen) atoms. The molecular weight excluding hydrogens is 375 g/mol. The number of amides is 1. The third-order valence-corrected chi connectivity index (χ3v) is 5.24. The number of alkyl halides is 3. The third kappa shape index (κ3) is 6.96. The van der Waals surface area contributed by atoms with Crippen LogP contribution >= 0.6 is 0 Å². The molecule has 1 atom stereocenters. The summed E-state index contributed by atoms with van der Waals surface area (Å²) in [6.07, 6.45) is -0.787. The molecule has 3 rings (SSSR count). The van der Waals surface area contributed by atoms with Crippen molar-refractivity contribution < 1.29 is 37.2 Å². The van der Waals surface area contributed by atoms with Crippen LogP contribution in [0.25, 0.3) is 0 Å². The van der Waals surface area contributed by atoms with Crippen molar-refractivity contribution >= 4 is 11.6 Å². The monoisotopic (exact) mass is 403 g/mol. The second kappa shape index (κ2) is 9.58. The van der Waals surface area contributed by atoms with Crippen LogP contribution in [0.15, 0.2) is 24.3 Å². The molecule has 6 nitrogen and oxygen atoms in total. The van der Waals surface area contributed by atoms with Crippen molar-refractivity contribution in [1.29, 1.82) is 0 Å². The molecule has 1 amide bonds. The van der Waals surface area contributed by atoms with Crippen molar-refractivity contribution in [2.75, 3.05) is 51.2 Å². The number of nitrogens with one attached hydrogen (secondary N) is 3. The van der Waals surface area contributed by atoms with Crippen molar-refractivity contribution in [3.05, 3.63) is 24.3 Å². The van der Waals surface area contributed by atoms with Crippen LogP contribution in [-0.4, -0.2) is 64.2 Å². The SMILES string of the molecule is O=C(C[NH+]1CC[NH+](C[C@H]2CCCCO2)CC1)Nc1ccc(OC(F)(F)F)cc1. The molecule has 0 aliphatic carbocycles. The number of carbonyl (C=O) groups is 1. The van der Waals surface area contributed by atoms with Gasteiger partial charge in [-0.2, -0.15) is 0 Å². The molecule has 1 aromatic rings. The van der Waals surface area contributed by atoms with Crippen LogP contribution in [0, 0.1) is 0 Å². The van der Waals surface area contributed by atoms with E-state index in [2.05, 4.69) is 10.1 Å². The van der Waals surface area contributed by atoms with Crippen molar-refractivity contribution in [2.24, 2.45) is 0 Å². The summed E-state index contributed by atoms with van der Waals surface area (Å²) in [4.78, 5) is 15.0. The highest BCUT2D eigenvalue weighted by Crippen LogP contribution is 2.23. The van der Waals surface area contributed by atoms with Gasteiger partial charge in [-0.1, -0.05) is 0 Å². The molecule has 9 heteroatoms. The van der Waals surface area contributed by atoms with Crippen LogP contribution in [0.4, 0.5) is 18.9 Å². The Kier molecular flexibility index (Phi) is 7.14. The molecular formula is C19H28F3N3O3+2. The number of anilines is 1. The first-order chi connectivity index (χ1) is 13.4.